The summed E-state index contributed by atoms with van der Waals surface area (Å²) in [6, 6.07) is 21.6. The topological polar surface area (TPSA) is 108 Å². The predicted octanol–water partition coefficient (Wildman–Crippen LogP) is 4.51. The predicted molar refractivity (Wildman–Crippen MR) is 134 cm³/mol. The van der Waals surface area contributed by atoms with Gasteiger partial charge in [0.25, 0.3) is 0 Å². The van der Waals surface area contributed by atoms with E-state index in [1.165, 1.54) is 13.0 Å². The number of aromatic hydroxyl groups is 1. The van der Waals surface area contributed by atoms with Gasteiger partial charge in [0.1, 0.15) is 53.0 Å². The van der Waals surface area contributed by atoms with E-state index in [1.807, 2.05) is 60.7 Å². The molecule has 1 N–H and O–H groups in total. The number of hydrogen-bond acceptors (Lipinski definition) is 8. The Morgan fingerprint density at radius 1 is 0.974 bits per heavy atom. The number of fused-ring (bicyclic) bond motifs is 2. The first kappa shape index (κ1) is 24.2. The van der Waals surface area contributed by atoms with Crippen molar-refractivity contribution in [1.29, 1.82) is 0 Å². The van der Waals surface area contributed by atoms with Crippen LogP contribution < -0.4 is 9.47 Å². The Balaban J connectivity index is 1.35. The van der Waals surface area contributed by atoms with Gasteiger partial charge in [0, 0.05) is 12.1 Å². The Labute approximate surface area is 219 Å². The molecule has 0 spiro atoms. The SMILES string of the molecule is CC(=O)C1C2OC(=O)CC2OC1C(Oc1cc(O)c2c(c1)OC(c1ccccc1)CC2=O)c1ccccc1. The molecule has 3 aliphatic rings. The number of esters is 1. The molecule has 6 atom stereocenters. The van der Waals surface area contributed by atoms with Crippen LogP contribution in [0.1, 0.15) is 53.5 Å². The van der Waals surface area contributed by atoms with Gasteiger partial charge in [-0.3, -0.25) is 14.4 Å². The minimum Gasteiger partial charge on any atom is -0.507 e. The molecule has 2 saturated heterocycles. The summed E-state index contributed by atoms with van der Waals surface area (Å²) in [6.07, 6.45) is -3.04. The van der Waals surface area contributed by atoms with Crippen LogP contribution in [0.5, 0.6) is 17.2 Å². The first-order chi connectivity index (χ1) is 18.4. The number of rotatable bonds is 6. The summed E-state index contributed by atoms with van der Waals surface area (Å²) in [6.45, 7) is 1.45. The molecule has 0 bridgehead atoms. The van der Waals surface area contributed by atoms with E-state index >= 15 is 0 Å². The zero-order valence-electron chi connectivity index (χ0n) is 20.6. The number of carbonyl (C=O) groups is 3. The molecule has 2 fully saturated rings. The van der Waals surface area contributed by atoms with Gasteiger partial charge in [-0.15, -0.1) is 0 Å². The van der Waals surface area contributed by atoms with Crippen LogP contribution >= 0.6 is 0 Å². The average molecular weight is 515 g/mol. The first-order valence-electron chi connectivity index (χ1n) is 12.6. The number of hydrogen-bond donors (Lipinski definition) is 1. The molecule has 0 saturated carbocycles. The van der Waals surface area contributed by atoms with Crippen molar-refractivity contribution in [1.82, 2.24) is 0 Å². The molecule has 6 unspecified atom stereocenters. The molecule has 0 aromatic heterocycles. The molecule has 38 heavy (non-hydrogen) atoms. The van der Waals surface area contributed by atoms with Gasteiger partial charge in [-0.1, -0.05) is 60.7 Å². The summed E-state index contributed by atoms with van der Waals surface area (Å²) in [4.78, 5) is 37.5. The van der Waals surface area contributed by atoms with Crippen molar-refractivity contribution in [3.8, 4) is 17.2 Å². The van der Waals surface area contributed by atoms with E-state index in [1.54, 1.807) is 6.07 Å². The summed E-state index contributed by atoms with van der Waals surface area (Å²) in [5.74, 6) is -1.29. The summed E-state index contributed by atoms with van der Waals surface area (Å²) >= 11 is 0. The summed E-state index contributed by atoms with van der Waals surface area (Å²) in [5, 5.41) is 10.8. The number of carbonyl (C=O) groups excluding carboxylic acids is 3. The Hall–Kier alpha value is -4.17. The summed E-state index contributed by atoms with van der Waals surface area (Å²) in [7, 11) is 0. The molecule has 8 heteroatoms. The van der Waals surface area contributed by atoms with Gasteiger partial charge in [-0.05, 0) is 18.1 Å². The van der Waals surface area contributed by atoms with Gasteiger partial charge < -0.3 is 24.1 Å². The Morgan fingerprint density at radius 3 is 2.39 bits per heavy atom. The van der Waals surface area contributed by atoms with Crippen LogP contribution in [0.4, 0.5) is 0 Å². The normalized spacial score (nSPS) is 26.6. The van der Waals surface area contributed by atoms with Crippen LogP contribution in [0, 0.1) is 5.92 Å². The molecule has 0 radical (unpaired) electrons. The number of Topliss-reactive ketones (excluding diaryl/α,β-unsaturated/α-hetero) is 2. The van der Waals surface area contributed by atoms with Gasteiger partial charge in [0.2, 0.25) is 0 Å². The fourth-order valence-corrected chi connectivity index (χ4v) is 5.63. The smallest absolute Gasteiger partial charge is 0.308 e. The average Bonchev–Trinajstić information content (AvgIpc) is 3.43. The number of ketones is 2. The van der Waals surface area contributed by atoms with Gasteiger partial charge in [0.15, 0.2) is 11.9 Å². The second kappa shape index (κ2) is 9.61. The molecule has 3 heterocycles. The molecule has 0 aliphatic carbocycles. The highest BCUT2D eigenvalue weighted by atomic mass is 16.6. The lowest BCUT2D eigenvalue weighted by Gasteiger charge is -2.30. The molecule has 6 rings (SSSR count). The van der Waals surface area contributed by atoms with Gasteiger partial charge in [0.05, 0.1) is 18.8 Å². The lowest BCUT2D eigenvalue weighted by Crippen LogP contribution is -2.37. The van der Waals surface area contributed by atoms with Crippen molar-refractivity contribution in [3.05, 3.63) is 89.5 Å². The Morgan fingerprint density at radius 2 is 1.68 bits per heavy atom. The largest absolute Gasteiger partial charge is 0.507 e. The molecular weight excluding hydrogens is 488 g/mol. The maximum absolute atomic E-state index is 12.9. The van der Waals surface area contributed by atoms with Crippen LogP contribution in [0.25, 0.3) is 0 Å². The van der Waals surface area contributed by atoms with Crippen molar-refractivity contribution >= 4 is 17.5 Å². The van der Waals surface area contributed by atoms with Crippen LogP contribution in [-0.2, 0) is 19.1 Å². The van der Waals surface area contributed by atoms with Crippen molar-refractivity contribution < 1.29 is 38.4 Å². The van der Waals surface area contributed by atoms with Crippen molar-refractivity contribution in [2.45, 2.75) is 50.3 Å². The van der Waals surface area contributed by atoms with Crippen LogP contribution in [0.15, 0.2) is 72.8 Å². The van der Waals surface area contributed by atoms with Crippen molar-refractivity contribution in [3.63, 3.8) is 0 Å². The maximum Gasteiger partial charge on any atom is 0.308 e. The fraction of sp³-hybridized carbons (Fsp3) is 0.300. The second-order valence-corrected chi connectivity index (χ2v) is 9.84. The fourth-order valence-electron chi connectivity index (χ4n) is 5.63. The van der Waals surface area contributed by atoms with E-state index in [0.717, 1.165) is 11.1 Å². The second-order valence-electron chi connectivity index (χ2n) is 9.84. The van der Waals surface area contributed by atoms with Crippen molar-refractivity contribution in [2.24, 2.45) is 5.92 Å². The third kappa shape index (κ3) is 4.31. The maximum atomic E-state index is 12.9. The number of ether oxygens (including phenoxy) is 4. The Kier molecular flexibility index (Phi) is 6.12. The monoisotopic (exact) mass is 514 g/mol. The highest BCUT2D eigenvalue weighted by molar-refractivity contribution is 6.02. The summed E-state index contributed by atoms with van der Waals surface area (Å²) < 4.78 is 24.2. The van der Waals surface area contributed by atoms with Crippen LogP contribution in [0.3, 0.4) is 0 Å². The lowest BCUT2D eigenvalue weighted by molar-refractivity contribution is -0.146. The van der Waals surface area contributed by atoms with E-state index in [0.29, 0.717) is 0 Å². The third-order valence-electron chi connectivity index (χ3n) is 7.35. The number of phenols is 1. The quantitative estimate of drug-likeness (QED) is 0.479. The van der Waals surface area contributed by atoms with E-state index in [9.17, 15) is 19.5 Å². The molecule has 3 aromatic rings. The van der Waals surface area contributed by atoms with E-state index in [4.69, 9.17) is 18.9 Å². The van der Waals surface area contributed by atoms with E-state index in [-0.39, 0.29) is 47.2 Å². The highest BCUT2D eigenvalue weighted by Gasteiger charge is 2.56. The van der Waals surface area contributed by atoms with Gasteiger partial charge in [-0.25, -0.2) is 0 Å². The molecule has 8 nitrogen and oxygen atoms in total. The zero-order chi connectivity index (χ0) is 26.4. The van der Waals surface area contributed by atoms with E-state index in [2.05, 4.69) is 0 Å². The standard InChI is InChI=1S/C30H26O8/c1-16(31)26-29-24(15-25(34)38-29)37-30(26)28(18-10-6-3-7-11-18)35-19-12-20(32)27-21(33)14-22(36-23(27)13-19)17-8-4-2-5-9-17/h2-13,22,24,26,28-30,32H,14-15H2,1H3. The third-order valence-corrected chi connectivity index (χ3v) is 7.35. The number of benzene rings is 3. The number of phenolic OH excluding ortho intramolecular Hbond substituents is 1. The molecule has 3 aliphatic heterocycles. The zero-order valence-corrected chi connectivity index (χ0v) is 20.6. The highest BCUT2D eigenvalue weighted by Crippen LogP contribution is 2.46. The first-order valence-corrected chi connectivity index (χ1v) is 12.6. The van der Waals surface area contributed by atoms with E-state index < -0.39 is 42.4 Å². The van der Waals surface area contributed by atoms with Gasteiger partial charge in [-0.2, -0.15) is 0 Å². The minimum absolute atomic E-state index is 0.0723. The Bertz CT molecular complexity index is 1390. The molecule has 194 valence electrons. The lowest BCUT2D eigenvalue weighted by atomic mass is 9.87. The minimum atomic E-state index is -0.768. The van der Waals surface area contributed by atoms with Crippen molar-refractivity contribution in [2.75, 3.05) is 0 Å². The summed E-state index contributed by atoms with van der Waals surface area (Å²) in [5.41, 5.74) is 1.71. The molecular formula is C30H26O8. The van der Waals surface area contributed by atoms with Crippen LogP contribution in [0.2, 0.25) is 0 Å². The molecule has 0 amide bonds. The van der Waals surface area contributed by atoms with Gasteiger partial charge >= 0.3 is 5.97 Å². The van der Waals surface area contributed by atoms with Crippen LogP contribution in [-0.4, -0.2) is 41.0 Å². The molecule has 3 aromatic carbocycles.